The summed E-state index contributed by atoms with van der Waals surface area (Å²) in [6.07, 6.45) is 1.54. The normalized spacial score (nSPS) is 11.4. The van der Waals surface area contributed by atoms with Crippen molar-refractivity contribution in [2.45, 2.75) is 18.9 Å². The second-order valence-electron chi connectivity index (χ2n) is 4.03. The average molecular weight is 359 g/mol. The van der Waals surface area contributed by atoms with Gasteiger partial charge in [0.2, 0.25) is 0 Å². The van der Waals surface area contributed by atoms with Crippen LogP contribution in [0.25, 0.3) is 0 Å². The summed E-state index contributed by atoms with van der Waals surface area (Å²) in [4.78, 5) is 38.6. The summed E-state index contributed by atoms with van der Waals surface area (Å²) in [6, 6.07) is 2.23. The minimum absolute atomic E-state index is 0.00961. The fourth-order valence-corrected chi connectivity index (χ4v) is 1.73. The minimum atomic E-state index is -0.938. The predicted molar refractivity (Wildman–Crippen MR) is 76.5 cm³/mol. The van der Waals surface area contributed by atoms with E-state index < -0.39 is 23.9 Å². The van der Waals surface area contributed by atoms with Crippen molar-refractivity contribution in [2.24, 2.45) is 0 Å². The third-order valence-electron chi connectivity index (χ3n) is 2.62. The molecule has 8 heteroatoms. The Kier molecular flexibility index (Phi) is 6.80. The zero-order chi connectivity index (χ0) is 15.8. The molecule has 1 N–H and O–H groups in total. The van der Waals surface area contributed by atoms with Gasteiger partial charge >= 0.3 is 11.9 Å². The van der Waals surface area contributed by atoms with E-state index in [0.717, 1.165) is 4.47 Å². The third kappa shape index (κ3) is 5.50. The van der Waals surface area contributed by atoms with E-state index >= 15 is 0 Å². The number of carbonyl (C=O) groups excluding carboxylic acids is 3. The molecule has 0 radical (unpaired) electrons. The van der Waals surface area contributed by atoms with Crippen LogP contribution >= 0.6 is 15.9 Å². The monoisotopic (exact) mass is 358 g/mol. The van der Waals surface area contributed by atoms with Gasteiger partial charge in [0, 0.05) is 17.1 Å². The van der Waals surface area contributed by atoms with E-state index in [4.69, 9.17) is 0 Å². The van der Waals surface area contributed by atoms with Crippen LogP contribution in [0.5, 0.6) is 0 Å². The van der Waals surface area contributed by atoms with Crippen LogP contribution in [0.3, 0.4) is 0 Å². The molecule has 7 nitrogen and oxygen atoms in total. The molecule has 1 amide bonds. The van der Waals surface area contributed by atoms with Gasteiger partial charge in [0.05, 0.1) is 14.2 Å². The zero-order valence-electron chi connectivity index (χ0n) is 11.6. The second-order valence-corrected chi connectivity index (χ2v) is 4.94. The molecule has 1 aromatic heterocycles. The van der Waals surface area contributed by atoms with Crippen LogP contribution < -0.4 is 5.32 Å². The fourth-order valence-electron chi connectivity index (χ4n) is 1.50. The molecular weight excluding hydrogens is 344 g/mol. The van der Waals surface area contributed by atoms with Crippen molar-refractivity contribution in [1.82, 2.24) is 10.3 Å². The molecule has 0 unspecified atom stereocenters. The van der Waals surface area contributed by atoms with Crippen molar-refractivity contribution in [3.8, 4) is 0 Å². The number of halogens is 1. The van der Waals surface area contributed by atoms with Crippen LogP contribution in [0.15, 0.2) is 22.8 Å². The number of nitrogens with zero attached hydrogens (tertiary/aromatic N) is 1. The standard InChI is InChI=1S/C13H15BrN2O5/c1-20-11(17)6-5-10(13(19)21-2)16-12(18)9-4-3-8(14)7-15-9/h3-4,7,10H,5-6H2,1-2H3,(H,16,18)/t10-/m0/s1. The maximum absolute atomic E-state index is 12.0. The van der Waals surface area contributed by atoms with Gasteiger partial charge in [-0.1, -0.05) is 0 Å². The van der Waals surface area contributed by atoms with E-state index in [0.29, 0.717) is 0 Å². The van der Waals surface area contributed by atoms with Crippen LogP contribution in [0.1, 0.15) is 23.3 Å². The van der Waals surface area contributed by atoms with Gasteiger partial charge in [-0.15, -0.1) is 0 Å². The summed E-state index contributed by atoms with van der Waals surface area (Å²) >= 11 is 3.21. The third-order valence-corrected chi connectivity index (χ3v) is 3.08. The number of ether oxygens (including phenoxy) is 2. The van der Waals surface area contributed by atoms with E-state index in [1.54, 1.807) is 6.07 Å². The molecule has 0 aliphatic carbocycles. The molecule has 1 aromatic rings. The first-order valence-corrected chi connectivity index (χ1v) is 6.84. The van der Waals surface area contributed by atoms with E-state index in [-0.39, 0.29) is 18.5 Å². The lowest BCUT2D eigenvalue weighted by molar-refractivity contribution is -0.144. The Morgan fingerprint density at radius 2 is 2.00 bits per heavy atom. The molecule has 0 saturated heterocycles. The van der Waals surface area contributed by atoms with Crippen molar-refractivity contribution in [3.05, 3.63) is 28.5 Å². The van der Waals surface area contributed by atoms with Gasteiger partial charge in [0.1, 0.15) is 11.7 Å². The first kappa shape index (κ1) is 17.1. The van der Waals surface area contributed by atoms with Crippen LogP contribution in [0.4, 0.5) is 0 Å². The lowest BCUT2D eigenvalue weighted by atomic mass is 10.1. The largest absolute Gasteiger partial charge is 0.469 e. The van der Waals surface area contributed by atoms with Crippen molar-refractivity contribution < 1.29 is 23.9 Å². The van der Waals surface area contributed by atoms with Crippen molar-refractivity contribution in [1.29, 1.82) is 0 Å². The van der Waals surface area contributed by atoms with Gasteiger partial charge < -0.3 is 14.8 Å². The van der Waals surface area contributed by atoms with Crippen LogP contribution in [0.2, 0.25) is 0 Å². The van der Waals surface area contributed by atoms with Crippen LogP contribution in [-0.2, 0) is 19.1 Å². The lowest BCUT2D eigenvalue weighted by Gasteiger charge is -2.15. The highest BCUT2D eigenvalue weighted by Gasteiger charge is 2.23. The van der Waals surface area contributed by atoms with E-state index in [1.165, 1.54) is 26.5 Å². The number of carbonyl (C=O) groups is 3. The van der Waals surface area contributed by atoms with Gasteiger partial charge in [0.15, 0.2) is 0 Å². The number of esters is 2. The Morgan fingerprint density at radius 3 is 2.52 bits per heavy atom. The summed E-state index contributed by atoms with van der Waals surface area (Å²) in [5.74, 6) is -1.63. The molecule has 114 valence electrons. The lowest BCUT2D eigenvalue weighted by Crippen LogP contribution is -2.42. The number of aromatic nitrogens is 1. The Hall–Kier alpha value is -1.96. The van der Waals surface area contributed by atoms with Gasteiger partial charge in [-0.05, 0) is 34.5 Å². The highest BCUT2D eigenvalue weighted by molar-refractivity contribution is 9.10. The predicted octanol–water partition coefficient (Wildman–Crippen LogP) is 1.07. The summed E-state index contributed by atoms with van der Waals surface area (Å²) in [7, 11) is 2.46. The van der Waals surface area contributed by atoms with Crippen LogP contribution in [-0.4, -0.2) is 43.1 Å². The highest BCUT2D eigenvalue weighted by Crippen LogP contribution is 2.08. The number of pyridine rings is 1. The second kappa shape index (κ2) is 8.35. The highest BCUT2D eigenvalue weighted by atomic mass is 79.9. The molecule has 0 aromatic carbocycles. The summed E-state index contributed by atoms with van der Waals surface area (Å²) < 4.78 is 9.83. The Balaban J connectivity index is 2.71. The molecule has 0 aliphatic rings. The quantitative estimate of drug-likeness (QED) is 0.764. The van der Waals surface area contributed by atoms with Gasteiger partial charge in [-0.2, -0.15) is 0 Å². The molecule has 21 heavy (non-hydrogen) atoms. The average Bonchev–Trinajstić information content (AvgIpc) is 2.50. The number of amides is 1. The zero-order valence-corrected chi connectivity index (χ0v) is 13.2. The van der Waals surface area contributed by atoms with Gasteiger partial charge in [-0.25, -0.2) is 9.78 Å². The fraction of sp³-hybridized carbons (Fsp3) is 0.385. The van der Waals surface area contributed by atoms with Crippen molar-refractivity contribution in [2.75, 3.05) is 14.2 Å². The summed E-state index contributed by atoms with van der Waals surface area (Å²) in [5, 5.41) is 2.48. The minimum Gasteiger partial charge on any atom is -0.469 e. The maximum Gasteiger partial charge on any atom is 0.328 e. The smallest absolute Gasteiger partial charge is 0.328 e. The van der Waals surface area contributed by atoms with Crippen molar-refractivity contribution >= 4 is 33.8 Å². The first-order chi connectivity index (χ1) is 9.97. The number of nitrogens with one attached hydrogen (secondary N) is 1. The maximum atomic E-state index is 12.0. The van der Waals surface area contributed by atoms with Crippen LogP contribution in [0, 0.1) is 0 Å². The van der Waals surface area contributed by atoms with Gasteiger partial charge in [-0.3, -0.25) is 9.59 Å². The Labute approximate surface area is 130 Å². The molecule has 1 rings (SSSR count). The summed E-state index contributed by atoms with van der Waals surface area (Å²) in [5.41, 5.74) is 0.158. The molecule has 1 atom stereocenters. The number of rotatable bonds is 6. The van der Waals surface area contributed by atoms with Gasteiger partial charge in [0.25, 0.3) is 5.91 Å². The Morgan fingerprint density at radius 1 is 1.29 bits per heavy atom. The first-order valence-electron chi connectivity index (χ1n) is 6.05. The molecule has 0 aliphatic heterocycles. The molecule has 1 heterocycles. The molecule has 0 fully saturated rings. The number of hydrogen-bond acceptors (Lipinski definition) is 6. The topological polar surface area (TPSA) is 94.6 Å². The molecule has 0 bridgehead atoms. The van der Waals surface area contributed by atoms with E-state index in [2.05, 4.69) is 35.7 Å². The number of hydrogen-bond donors (Lipinski definition) is 1. The SMILES string of the molecule is COC(=O)CC[C@H](NC(=O)c1ccc(Br)cn1)C(=O)OC. The van der Waals surface area contributed by atoms with E-state index in [1.807, 2.05) is 0 Å². The number of methoxy groups -OCH3 is 2. The molecule has 0 saturated carbocycles. The molecular formula is C13H15BrN2O5. The summed E-state index contributed by atoms with van der Waals surface area (Å²) in [6.45, 7) is 0. The van der Waals surface area contributed by atoms with E-state index in [9.17, 15) is 14.4 Å². The van der Waals surface area contributed by atoms with Crippen molar-refractivity contribution in [3.63, 3.8) is 0 Å². The molecule has 0 spiro atoms. The Bertz CT molecular complexity index is 518.